The van der Waals surface area contributed by atoms with Crippen molar-refractivity contribution in [3.63, 3.8) is 0 Å². The van der Waals surface area contributed by atoms with Gasteiger partial charge in [0.2, 0.25) is 12.0 Å². The number of hydrogen-bond donors (Lipinski definition) is 2. The molecule has 1 heterocycles. The Labute approximate surface area is 151 Å². The first-order valence-corrected chi connectivity index (χ1v) is 8.75. The summed E-state index contributed by atoms with van der Waals surface area (Å²) in [6.45, 7) is 0.536. The van der Waals surface area contributed by atoms with Crippen LogP contribution in [0.1, 0.15) is 18.4 Å². The number of para-hydroxylation sites is 2. The molecule has 0 saturated heterocycles. The van der Waals surface area contributed by atoms with Crippen LogP contribution in [0.25, 0.3) is 0 Å². The van der Waals surface area contributed by atoms with E-state index in [1.54, 1.807) is 6.07 Å². The predicted octanol–water partition coefficient (Wildman–Crippen LogP) is 2.49. The predicted molar refractivity (Wildman–Crippen MR) is 96.0 cm³/mol. The monoisotopic (exact) mass is 352 g/mol. The smallest absolute Gasteiger partial charge is 0.264 e. The maximum Gasteiger partial charge on any atom is 0.264 e. The Morgan fingerprint density at radius 1 is 1.00 bits per heavy atom. The van der Waals surface area contributed by atoms with Crippen molar-refractivity contribution in [1.29, 1.82) is 0 Å². The van der Waals surface area contributed by atoms with Crippen LogP contribution in [0.3, 0.4) is 0 Å². The molecule has 1 fully saturated rings. The summed E-state index contributed by atoms with van der Waals surface area (Å²) in [5, 5.41) is 5.77. The first-order chi connectivity index (χ1) is 12.7. The summed E-state index contributed by atoms with van der Waals surface area (Å²) in [6.07, 6.45) is 1.25. The summed E-state index contributed by atoms with van der Waals surface area (Å²) in [7, 11) is 0. The lowest BCUT2D eigenvalue weighted by molar-refractivity contribution is -0.130. The van der Waals surface area contributed by atoms with E-state index in [0.29, 0.717) is 18.0 Å². The molecule has 2 amide bonds. The van der Waals surface area contributed by atoms with E-state index < -0.39 is 6.10 Å². The molecule has 0 bridgehead atoms. The zero-order valence-electron chi connectivity index (χ0n) is 14.2. The molecular weight excluding hydrogens is 332 g/mol. The van der Waals surface area contributed by atoms with Gasteiger partial charge < -0.3 is 20.1 Å². The van der Waals surface area contributed by atoms with Gasteiger partial charge in [-0.2, -0.15) is 0 Å². The number of anilines is 1. The molecule has 6 nitrogen and oxygen atoms in total. The highest BCUT2D eigenvalue weighted by molar-refractivity contribution is 5.94. The number of carbonyl (C=O) groups excluding carboxylic acids is 2. The van der Waals surface area contributed by atoms with Crippen LogP contribution in [0.2, 0.25) is 0 Å². The molecule has 0 unspecified atom stereocenters. The molecule has 1 aliphatic heterocycles. The van der Waals surface area contributed by atoms with Gasteiger partial charge in [0.25, 0.3) is 5.91 Å². The van der Waals surface area contributed by atoms with E-state index in [1.165, 1.54) is 0 Å². The highest BCUT2D eigenvalue weighted by Gasteiger charge is 2.29. The second kappa shape index (κ2) is 7.07. The fourth-order valence-corrected chi connectivity index (χ4v) is 2.80. The molecule has 0 spiro atoms. The highest BCUT2D eigenvalue weighted by atomic mass is 16.6. The maximum absolute atomic E-state index is 12.4. The van der Waals surface area contributed by atoms with Crippen LogP contribution in [0.4, 0.5) is 5.69 Å². The minimum atomic E-state index is -0.678. The first kappa shape index (κ1) is 16.4. The molecule has 2 aromatic carbocycles. The second-order valence-electron chi connectivity index (χ2n) is 6.55. The quantitative estimate of drug-likeness (QED) is 0.867. The summed E-state index contributed by atoms with van der Waals surface area (Å²) in [5.41, 5.74) is 1.66. The SMILES string of the molecule is O=C(Nc1cccc(CNC(=O)[C@@H]2COc3ccccc3O2)c1)C1CC1. The highest BCUT2D eigenvalue weighted by Crippen LogP contribution is 2.31. The van der Waals surface area contributed by atoms with E-state index >= 15 is 0 Å². The van der Waals surface area contributed by atoms with E-state index in [2.05, 4.69) is 10.6 Å². The van der Waals surface area contributed by atoms with Crippen LogP contribution in [0, 0.1) is 5.92 Å². The fraction of sp³-hybridized carbons (Fsp3) is 0.300. The van der Waals surface area contributed by atoms with Gasteiger partial charge in [-0.05, 0) is 42.7 Å². The molecule has 1 aliphatic carbocycles. The number of benzene rings is 2. The van der Waals surface area contributed by atoms with Crippen molar-refractivity contribution in [3.8, 4) is 11.5 Å². The Balaban J connectivity index is 1.32. The fourth-order valence-electron chi connectivity index (χ4n) is 2.80. The Kier molecular flexibility index (Phi) is 4.48. The standard InChI is InChI=1S/C20H20N2O4/c23-19(14-8-9-14)22-15-5-3-4-13(10-15)11-21-20(24)18-12-25-16-6-1-2-7-17(16)26-18/h1-7,10,14,18H,8-9,11-12H2,(H,21,24)(H,22,23)/t18-/m0/s1. The lowest BCUT2D eigenvalue weighted by Gasteiger charge is -2.25. The van der Waals surface area contributed by atoms with Gasteiger partial charge in [-0.15, -0.1) is 0 Å². The molecule has 4 rings (SSSR count). The minimum absolute atomic E-state index is 0.0672. The van der Waals surface area contributed by atoms with E-state index in [-0.39, 0.29) is 24.3 Å². The summed E-state index contributed by atoms with van der Waals surface area (Å²) >= 11 is 0. The Morgan fingerprint density at radius 3 is 2.62 bits per heavy atom. The molecule has 0 radical (unpaired) electrons. The van der Waals surface area contributed by atoms with Crippen molar-refractivity contribution in [2.24, 2.45) is 5.92 Å². The first-order valence-electron chi connectivity index (χ1n) is 8.75. The minimum Gasteiger partial charge on any atom is -0.485 e. The normalized spacial score (nSPS) is 18.1. The van der Waals surface area contributed by atoms with E-state index in [0.717, 1.165) is 24.1 Å². The van der Waals surface area contributed by atoms with Crippen LogP contribution in [0.5, 0.6) is 11.5 Å². The van der Waals surface area contributed by atoms with Crippen molar-refractivity contribution in [2.75, 3.05) is 11.9 Å². The number of amides is 2. The van der Waals surface area contributed by atoms with Gasteiger partial charge in [-0.1, -0.05) is 24.3 Å². The lowest BCUT2D eigenvalue weighted by atomic mass is 10.2. The molecule has 0 aromatic heterocycles. The lowest BCUT2D eigenvalue weighted by Crippen LogP contribution is -2.43. The van der Waals surface area contributed by atoms with Crippen molar-refractivity contribution in [3.05, 3.63) is 54.1 Å². The van der Waals surface area contributed by atoms with E-state index in [1.807, 2.05) is 42.5 Å². The van der Waals surface area contributed by atoms with E-state index in [4.69, 9.17) is 9.47 Å². The number of hydrogen-bond acceptors (Lipinski definition) is 4. The van der Waals surface area contributed by atoms with Crippen LogP contribution < -0.4 is 20.1 Å². The number of nitrogens with one attached hydrogen (secondary N) is 2. The molecule has 1 saturated carbocycles. The van der Waals surface area contributed by atoms with Crippen LogP contribution >= 0.6 is 0 Å². The average Bonchev–Trinajstić information content (AvgIpc) is 3.51. The van der Waals surface area contributed by atoms with Crippen molar-refractivity contribution in [1.82, 2.24) is 5.32 Å². The maximum atomic E-state index is 12.4. The summed E-state index contributed by atoms with van der Waals surface area (Å²) in [5.74, 6) is 1.22. The molecule has 134 valence electrons. The molecular formula is C20H20N2O4. The number of ether oxygens (including phenoxy) is 2. The van der Waals surface area contributed by atoms with Gasteiger partial charge in [0.05, 0.1) is 0 Å². The van der Waals surface area contributed by atoms with Gasteiger partial charge in [0.15, 0.2) is 11.5 Å². The summed E-state index contributed by atoms with van der Waals surface area (Å²) in [6, 6.07) is 14.8. The zero-order chi connectivity index (χ0) is 17.9. The van der Waals surface area contributed by atoms with Crippen molar-refractivity contribution < 1.29 is 19.1 Å². The zero-order valence-corrected chi connectivity index (χ0v) is 14.2. The molecule has 2 aliphatic rings. The second-order valence-corrected chi connectivity index (χ2v) is 6.55. The van der Waals surface area contributed by atoms with Crippen LogP contribution in [-0.2, 0) is 16.1 Å². The Hall–Kier alpha value is -3.02. The topological polar surface area (TPSA) is 76.7 Å². The van der Waals surface area contributed by atoms with Gasteiger partial charge in [-0.25, -0.2) is 0 Å². The molecule has 26 heavy (non-hydrogen) atoms. The number of rotatable bonds is 5. The largest absolute Gasteiger partial charge is 0.485 e. The van der Waals surface area contributed by atoms with Crippen molar-refractivity contribution in [2.45, 2.75) is 25.5 Å². The third kappa shape index (κ3) is 3.79. The molecule has 1 atom stereocenters. The summed E-state index contributed by atoms with van der Waals surface area (Å²) < 4.78 is 11.3. The third-order valence-electron chi connectivity index (χ3n) is 4.41. The Morgan fingerprint density at radius 2 is 1.81 bits per heavy atom. The Bertz CT molecular complexity index is 832. The van der Waals surface area contributed by atoms with Crippen LogP contribution in [-0.4, -0.2) is 24.5 Å². The van der Waals surface area contributed by atoms with Gasteiger partial charge in [0, 0.05) is 18.2 Å². The molecule has 2 N–H and O–H groups in total. The van der Waals surface area contributed by atoms with Gasteiger partial charge in [0.1, 0.15) is 6.61 Å². The van der Waals surface area contributed by atoms with Crippen LogP contribution in [0.15, 0.2) is 48.5 Å². The average molecular weight is 352 g/mol. The van der Waals surface area contributed by atoms with Gasteiger partial charge >= 0.3 is 0 Å². The molecule has 2 aromatic rings. The van der Waals surface area contributed by atoms with Crippen molar-refractivity contribution >= 4 is 17.5 Å². The summed E-state index contributed by atoms with van der Waals surface area (Å²) in [4.78, 5) is 24.2. The number of fused-ring (bicyclic) bond motifs is 1. The third-order valence-corrected chi connectivity index (χ3v) is 4.41. The molecule has 6 heteroatoms. The number of carbonyl (C=O) groups is 2. The van der Waals surface area contributed by atoms with E-state index in [9.17, 15) is 9.59 Å². The van der Waals surface area contributed by atoms with Gasteiger partial charge in [-0.3, -0.25) is 9.59 Å².